The van der Waals surface area contributed by atoms with Crippen molar-refractivity contribution in [3.8, 4) is 0 Å². The maximum Gasteiger partial charge on any atom is 0.189 e. The Labute approximate surface area is 86.4 Å². The summed E-state index contributed by atoms with van der Waals surface area (Å²) in [5.41, 5.74) is 5.01. The van der Waals surface area contributed by atoms with E-state index in [1.807, 2.05) is 6.92 Å². The van der Waals surface area contributed by atoms with E-state index in [9.17, 15) is 0 Å². The normalized spacial score (nSPS) is 25.9. The fourth-order valence-electron chi connectivity index (χ4n) is 1.74. The average molecular weight is 188 g/mol. The lowest BCUT2D eigenvalue weighted by Gasteiger charge is -2.35. The Hall–Kier alpha value is -0.730. The Morgan fingerprint density at radius 3 is 2.36 bits per heavy atom. The lowest BCUT2D eigenvalue weighted by atomic mass is 9.81. The lowest BCUT2D eigenvalue weighted by Crippen LogP contribution is -2.36. The molecule has 0 spiro atoms. The molecular formula is C10H14B2O2. The van der Waals surface area contributed by atoms with Crippen molar-refractivity contribution < 1.29 is 9.47 Å². The van der Waals surface area contributed by atoms with Gasteiger partial charge in [0.25, 0.3) is 0 Å². The summed E-state index contributed by atoms with van der Waals surface area (Å²) in [5, 5.41) is 0. The van der Waals surface area contributed by atoms with Gasteiger partial charge in [0.2, 0.25) is 0 Å². The molecule has 1 aromatic rings. The van der Waals surface area contributed by atoms with Crippen molar-refractivity contribution in [2.75, 3.05) is 0 Å². The number of ether oxygens (including phenoxy) is 2. The van der Waals surface area contributed by atoms with Gasteiger partial charge in [-0.25, -0.2) is 0 Å². The highest BCUT2D eigenvalue weighted by molar-refractivity contribution is 6.37. The zero-order valence-corrected chi connectivity index (χ0v) is 9.13. The van der Waals surface area contributed by atoms with Gasteiger partial charge in [0.15, 0.2) is 12.6 Å². The summed E-state index contributed by atoms with van der Waals surface area (Å²) in [6, 6.07) is 4.33. The largest absolute Gasteiger partial charge is 0.320 e. The summed E-state index contributed by atoms with van der Waals surface area (Å²) in [6.45, 7) is 4.03. The van der Waals surface area contributed by atoms with Crippen LogP contribution < -0.4 is 10.9 Å². The molecule has 14 heavy (non-hydrogen) atoms. The minimum atomic E-state index is -0.149. The zero-order chi connectivity index (χ0) is 10.3. The number of hydrogen-bond donors (Lipinski definition) is 0. The Bertz CT molecular complexity index is 359. The molecule has 2 nitrogen and oxygen atoms in total. The third-order valence-electron chi connectivity index (χ3n) is 2.77. The molecule has 0 atom stereocenters. The Morgan fingerprint density at radius 2 is 1.79 bits per heavy atom. The summed E-state index contributed by atoms with van der Waals surface area (Å²) in [5.74, 6) is 0. The molecule has 1 aliphatic rings. The van der Waals surface area contributed by atoms with Gasteiger partial charge in [0.05, 0.1) is 0 Å². The van der Waals surface area contributed by atoms with Crippen LogP contribution in [0.1, 0.15) is 24.3 Å². The fourth-order valence-corrected chi connectivity index (χ4v) is 1.74. The zero-order valence-electron chi connectivity index (χ0n) is 9.13. The number of benzene rings is 1. The van der Waals surface area contributed by atoms with E-state index < -0.39 is 0 Å². The van der Waals surface area contributed by atoms with E-state index in [0.29, 0.717) is 0 Å². The van der Waals surface area contributed by atoms with Crippen molar-refractivity contribution >= 4 is 26.6 Å². The average Bonchev–Trinajstić information content (AvgIpc) is 2.07. The second-order valence-corrected chi connectivity index (χ2v) is 3.96. The summed E-state index contributed by atoms with van der Waals surface area (Å²) in [4.78, 5) is 0. The van der Waals surface area contributed by atoms with E-state index in [1.54, 1.807) is 0 Å². The van der Waals surface area contributed by atoms with Crippen molar-refractivity contribution in [3.05, 3.63) is 23.3 Å². The van der Waals surface area contributed by atoms with Crippen LogP contribution in [0.5, 0.6) is 0 Å². The number of aryl methyl sites for hydroxylation is 1. The van der Waals surface area contributed by atoms with Crippen LogP contribution in [0.15, 0.2) is 12.1 Å². The van der Waals surface area contributed by atoms with Gasteiger partial charge < -0.3 is 9.47 Å². The second kappa shape index (κ2) is 3.44. The van der Waals surface area contributed by atoms with Gasteiger partial charge in [0, 0.05) is 5.56 Å². The Morgan fingerprint density at radius 1 is 1.14 bits per heavy atom. The van der Waals surface area contributed by atoms with Crippen LogP contribution in [-0.2, 0) is 9.47 Å². The van der Waals surface area contributed by atoms with Crippen molar-refractivity contribution in [2.24, 2.45) is 0 Å². The van der Waals surface area contributed by atoms with Gasteiger partial charge >= 0.3 is 0 Å². The fraction of sp³-hybridized carbons (Fsp3) is 0.400. The predicted octanol–water partition coefficient (Wildman–Crippen LogP) is -1.10. The van der Waals surface area contributed by atoms with Gasteiger partial charge in [-0.1, -0.05) is 28.6 Å². The highest BCUT2D eigenvalue weighted by Gasteiger charge is 2.29. The molecule has 1 saturated heterocycles. The smallest absolute Gasteiger partial charge is 0.189 e. The van der Waals surface area contributed by atoms with E-state index >= 15 is 0 Å². The maximum absolute atomic E-state index is 5.48. The highest BCUT2D eigenvalue weighted by atomic mass is 16.9. The molecule has 4 heteroatoms. The molecule has 1 fully saturated rings. The molecular weight excluding hydrogens is 174 g/mol. The number of rotatable bonds is 1. The van der Waals surface area contributed by atoms with Crippen LogP contribution in [0, 0.1) is 6.92 Å². The molecule has 72 valence electrons. The first-order valence-electron chi connectivity index (χ1n) is 4.96. The standard InChI is InChI=1S/C10H14B2O2/c1-5-3-9(12)7(4-8(5)11)10-13-6(2)14-10/h3-4,6,10H,11-12H2,1-2H3. The summed E-state index contributed by atoms with van der Waals surface area (Å²) < 4.78 is 11.0. The molecule has 1 aromatic carbocycles. The van der Waals surface area contributed by atoms with Gasteiger partial charge in [-0.15, -0.1) is 0 Å². The maximum atomic E-state index is 5.48. The summed E-state index contributed by atoms with van der Waals surface area (Å²) >= 11 is 0. The van der Waals surface area contributed by atoms with Crippen molar-refractivity contribution in [1.82, 2.24) is 0 Å². The molecule has 0 amide bonds. The van der Waals surface area contributed by atoms with Crippen molar-refractivity contribution in [2.45, 2.75) is 26.4 Å². The summed E-state index contributed by atoms with van der Waals surface area (Å²) in [7, 11) is 4.21. The SMILES string of the molecule is Bc1cc(C2OC(C)O2)c(B)cc1C. The van der Waals surface area contributed by atoms with Crippen molar-refractivity contribution in [1.29, 1.82) is 0 Å². The molecule has 0 unspecified atom stereocenters. The first kappa shape index (κ1) is 9.81. The molecule has 0 aromatic heterocycles. The highest BCUT2D eigenvalue weighted by Crippen LogP contribution is 2.29. The molecule has 0 bridgehead atoms. The van der Waals surface area contributed by atoms with Crippen LogP contribution in [0.25, 0.3) is 0 Å². The van der Waals surface area contributed by atoms with E-state index in [4.69, 9.17) is 9.47 Å². The molecule has 2 rings (SSSR count). The van der Waals surface area contributed by atoms with Gasteiger partial charge in [0.1, 0.15) is 15.7 Å². The summed E-state index contributed by atoms with van der Waals surface area (Å²) in [6.07, 6.45) is -0.203. The Balaban J connectivity index is 2.30. The van der Waals surface area contributed by atoms with Gasteiger partial charge in [-0.05, 0) is 13.8 Å². The topological polar surface area (TPSA) is 18.5 Å². The van der Waals surface area contributed by atoms with E-state index in [0.717, 1.165) is 5.56 Å². The minimum absolute atomic E-state index is 0.0546. The molecule has 1 heterocycles. The second-order valence-electron chi connectivity index (χ2n) is 3.96. The molecule has 0 aliphatic carbocycles. The van der Waals surface area contributed by atoms with Crippen LogP contribution in [-0.4, -0.2) is 22.0 Å². The minimum Gasteiger partial charge on any atom is -0.320 e. The van der Waals surface area contributed by atoms with Crippen LogP contribution in [0.4, 0.5) is 0 Å². The lowest BCUT2D eigenvalue weighted by molar-refractivity contribution is -0.382. The molecule has 0 N–H and O–H groups in total. The van der Waals surface area contributed by atoms with Crippen LogP contribution in [0.3, 0.4) is 0 Å². The number of hydrogen-bond acceptors (Lipinski definition) is 2. The van der Waals surface area contributed by atoms with E-state index in [1.165, 1.54) is 16.5 Å². The third kappa shape index (κ3) is 1.60. The molecule has 1 aliphatic heterocycles. The van der Waals surface area contributed by atoms with Crippen LogP contribution in [0.2, 0.25) is 0 Å². The monoisotopic (exact) mass is 188 g/mol. The molecule has 0 radical (unpaired) electrons. The quantitative estimate of drug-likeness (QED) is 0.521. The van der Waals surface area contributed by atoms with E-state index in [-0.39, 0.29) is 12.6 Å². The third-order valence-corrected chi connectivity index (χ3v) is 2.77. The van der Waals surface area contributed by atoms with E-state index in [2.05, 4.69) is 34.7 Å². The predicted molar refractivity (Wildman–Crippen MR) is 61.9 cm³/mol. The van der Waals surface area contributed by atoms with Gasteiger partial charge in [-0.3, -0.25) is 0 Å². The van der Waals surface area contributed by atoms with Crippen LogP contribution >= 0.6 is 0 Å². The van der Waals surface area contributed by atoms with Crippen molar-refractivity contribution in [3.63, 3.8) is 0 Å². The molecule has 0 saturated carbocycles. The first-order chi connectivity index (χ1) is 6.58. The Kier molecular flexibility index (Phi) is 2.41. The van der Waals surface area contributed by atoms with Gasteiger partial charge in [-0.2, -0.15) is 0 Å². The first-order valence-corrected chi connectivity index (χ1v) is 4.96.